The first kappa shape index (κ1) is 16.7. The van der Waals surface area contributed by atoms with E-state index in [0.717, 1.165) is 36.9 Å². The van der Waals surface area contributed by atoms with Crippen molar-refractivity contribution >= 4 is 5.91 Å². The molecule has 0 saturated heterocycles. The zero-order valence-electron chi connectivity index (χ0n) is 13.9. The maximum atomic E-state index is 12.1. The first-order valence-electron chi connectivity index (χ1n) is 8.65. The van der Waals surface area contributed by atoms with Gasteiger partial charge in [-0.05, 0) is 55.4 Å². The lowest BCUT2D eigenvalue weighted by atomic mass is 9.79. The van der Waals surface area contributed by atoms with E-state index in [1.165, 1.54) is 5.56 Å². The third-order valence-corrected chi connectivity index (χ3v) is 4.70. The lowest BCUT2D eigenvalue weighted by Crippen LogP contribution is -2.42. The lowest BCUT2D eigenvalue weighted by Gasteiger charge is -2.34. The number of fused-ring (bicyclic) bond motifs is 1. The van der Waals surface area contributed by atoms with Crippen LogP contribution in [0.15, 0.2) is 48.7 Å². The second kappa shape index (κ2) is 7.58. The average molecular weight is 324 g/mol. The standard InChI is InChI=1S/C20H24N2O2/c23-19(12-5-10-17-9-3-4-14-21-17)22-15-20(24)13-6-8-16-7-1-2-11-18(16)20/h1-4,7,9,11,14,24H,5-6,8,10,12-13,15H2,(H,22,23). The van der Waals surface area contributed by atoms with Crippen LogP contribution in [0.4, 0.5) is 0 Å². The molecular formula is C20H24N2O2. The number of nitrogens with zero attached hydrogens (tertiary/aromatic N) is 1. The Bertz CT molecular complexity index is 687. The Labute approximate surface area is 142 Å². The molecule has 2 aromatic rings. The van der Waals surface area contributed by atoms with Crippen molar-refractivity contribution in [1.29, 1.82) is 0 Å². The van der Waals surface area contributed by atoms with E-state index in [-0.39, 0.29) is 12.5 Å². The summed E-state index contributed by atoms with van der Waals surface area (Å²) in [4.78, 5) is 16.3. The molecule has 0 aliphatic heterocycles. The molecule has 1 aromatic carbocycles. The normalized spacial score (nSPS) is 19.5. The summed E-state index contributed by atoms with van der Waals surface area (Å²) in [5.41, 5.74) is 2.22. The van der Waals surface area contributed by atoms with E-state index in [4.69, 9.17) is 0 Å². The minimum Gasteiger partial charge on any atom is -0.383 e. The van der Waals surface area contributed by atoms with Crippen molar-refractivity contribution in [2.45, 2.75) is 44.1 Å². The van der Waals surface area contributed by atoms with Crippen molar-refractivity contribution in [3.8, 4) is 0 Å². The number of rotatable bonds is 6. The molecule has 0 saturated carbocycles. The van der Waals surface area contributed by atoms with Gasteiger partial charge < -0.3 is 10.4 Å². The minimum atomic E-state index is -0.939. The Morgan fingerprint density at radius 2 is 2.04 bits per heavy atom. The Balaban J connectivity index is 1.49. The van der Waals surface area contributed by atoms with Gasteiger partial charge in [-0.25, -0.2) is 0 Å². The number of aryl methyl sites for hydroxylation is 2. The van der Waals surface area contributed by atoms with Gasteiger partial charge in [0.05, 0.1) is 6.54 Å². The Morgan fingerprint density at radius 3 is 2.88 bits per heavy atom. The van der Waals surface area contributed by atoms with Gasteiger partial charge in [-0.3, -0.25) is 9.78 Å². The molecule has 0 bridgehead atoms. The molecule has 4 heteroatoms. The first-order chi connectivity index (χ1) is 11.7. The van der Waals surface area contributed by atoms with Crippen molar-refractivity contribution in [3.05, 3.63) is 65.5 Å². The summed E-state index contributed by atoms with van der Waals surface area (Å²) < 4.78 is 0. The number of pyridine rings is 1. The van der Waals surface area contributed by atoms with Crippen LogP contribution in [0, 0.1) is 0 Å². The fraction of sp³-hybridized carbons (Fsp3) is 0.400. The van der Waals surface area contributed by atoms with Crippen LogP contribution in [0.5, 0.6) is 0 Å². The molecule has 3 rings (SSSR count). The van der Waals surface area contributed by atoms with Gasteiger partial charge >= 0.3 is 0 Å². The number of nitrogens with one attached hydrogen (secondary N) is 1. The molecule has 126 valence electrons. The third-order valence-electron chi connectivity index (χ3n) is 4.70. The summed E-state index contributed by atoms with van der Waals surface area (Å²) in [5.74, 6) is -0.0117. The molecule has 0 spiro atoms. The molecule has 1 heterocycles. The molecule has 24 heavy (non-hydrogen) atoms. The zero-order valence-corrected chi connectivity index (χ0v) is 13.9. The predicted molar refractivity (Wildman–Crippen MR) is 93.5 cm³/mol. The Morgan fingerprint density at radius 1 is 1.21 bits per heavy atom. The van der Waals surface area contributed by atoms with Crippen LogP contribution in [0.25, 0.3) is 0 Å². The highest BCUT2D eigenvalue weighted by molar-refractivity contribution is 5.76. The number of amides is 1. The molecular weight excluding hydrogens is 300 g/mol. The van der Waals surface area contributed by atoms with Crippen LogP contribution >= 0.6 is 0 Å². The Kier molecular flexibility index (Phi) is 5.26. The second-order valence-corrected chi connectivity index (χ2v) is 6.49. The molecule has 0 fully saturated rings. The van der Waals surface area contributed by atoms with E-state index in [9.17, 15) is 9.90 Å². The van der Waals surface area contributed by atoms with Crippen LogP contribution in [0.3, 0.4) is 0 Å². The molecule has 1 aliphatic rings. The van der Waals surface area contributed by atoms with Crippen LogP contribution < -0.4 is 5.32 Å². The SMILES string of the molecule is O=C(CCCc1ccccn1)NCC1(O)CCCc2ccccc21. The van der Waals surface area contributed by atoms with Crippen LogP contribution in [0.2, 0.25) is 0 Å². The van der Waals surface area contributed by atoms with Crippen LogP contribution in [-0.2, 0) is 23.2 Å². The number of hydrogen-bond donors (Lipinski definition) is 2. The monoisotopic (exact) mass is 324 g/mol. The highest BCUT2D eigenvalue weighted by Gasteiger charge is 2.34. The largest absolute Gasteiger partial charge is 0.383 e. The van der Waals surface area contributed by atoms with E-state index in [0.29, 0.717) is 12.8 Å². The molecule has 1 aliphatic carbocycles. The number of carbonyl (C=O) groups is 1. The van der Waals surface area contributed by atoms with E-state index in [2.05, 4.69) is 16.4 Å². The van der Waals surface area contributed by atoms with E-state index >= 15 is 0 Å². The highest BCUT2D eigenvalue weighted by Crippen LogP contribution is 2.34. The van der Waals surface area contributed by atoms with Crippen molar-refractivity contribution in [2.24, 2.45) is 0 Å². The topological polar surface area (TPSA) is 62.2 Å². The fourth-order valence-corrected chi connectivity index (χ4v) is 3.39. The van der Waals surface area contributed by atoms with Crippen molar-refractivity contribution in [3.63, 3.8) is 0 Å². The summed E-state index contributed by atoms with van der Waals surface area (Å²) in [6, 6.07) is 13.8. The molecule has 1 amide bonds. The first-order valence-corrected chi connectivity index (χ1v) is 8.65. The smallest absolute Gasteiger partial charge is 0.220 e. The van der Waals surface area contributed by atoms with Gasteiger partial charge in [0.15, 0.2) is 0 Å². The summed E-state index contributed by atoms with van der Waals surface area (Å²) in [6.45, 7) is 0.284. The predicted octanol–water partition coefficient (Wildman–Crippen LogP) is 2.74. The minimum absolute atomic E-state index is 0.0117. The lowest BCUT2D eigenvalue weighted by molar-refractivity contribution is -0.122. The third kappa shape index (κ3) is 4.01. The number of benzene rings is 1. The van der Waals surface area contributed by atoms with E-state index in [1.54, 1.807) is 6.20 Å². The number of aromatic nitrogens is 1. The van der Waals surface area contributed by atoms with Gasteiger partial charge in [-0.15, -0.1) is 0 Å². The highest BCUT2D eigenvalue weighted by atomic mass is 16.3. The van der Waals surface area contributed by atoms with Gasteiger partial charge in [0, 0.05) is 18.3 Å². The van der Waals surface area contributed by atoms with Gasteiger partial charge in [0.25, 0.3) is 0 Å². The van der Waals surface area contributed by atoms with Gasteiger partial charge in [0.1, 0.15) is 5.60 Å². The summed E-state index contributed by atoms with van der Waals surface area (Å²) in [6.07, 6.45) is 6.41. The second-order valence-electron chi connectivity index (χ2n) is 6.49. The maximum absolute atomic E-state index is 12.1. The quantitative estimate of drug-likeness (QED) is 0.859. The van der Waals surface area contributed by atoms with Crippen molar-refractivity contribution in [2.75, 3.05) is 6.54 Å². The summed E-state index contributed by atoms with van der Waals surface area (Å²) in [7, 11) is 0. The molecule has 4 nitrogen and oxygen atoms in total. The van der Waals surface area contributed by atoms with Crippen LogP contribution in [-0.4, -0.2) is 22.5 Å². The van der Waals surface area contributed by atoms with E-state index in [1.807, 2.05) is 36.4 Å². The Hall–Kier alpha value is -2.20. The number of carbonyl (C=O) groups excluding carboxylic acids is 1. The average Bonchev–Trinajstić information content (AvgIpc) is 2.62. The maximum Gasteiger partial charge on any atom is 0.220 e. The van der Waals surface area contributed by atoms with Gasteiger partial charge in [-0.1, -0.05) is 30.3 Å². The summed E-state index contributed by atoms with van der Waals surface area (Å²) >= 11 is 0. The molecule has 2 N–H and O–H groups in total. The van der Waals surface area contributed by atoms with Crippen molar-refractivity contribution < 1.29 is 9.90 Å². The molecule has 1 unspecified atom stereocenters. The molecule has 1 aromatic heterocycles. The summed E-state index contributed by atoms with van der Waals surface area (Å²) in [5, 5.41) is 13.9. The van der Waals surface area contributed by atoms with E-state index < -0.39 is 5.60 Å². The fourth-order valence-electron chi connectivity index (χ4n) is 3.39. The molecule has 1 atom stereocenters. The van der Waals surface area contributed by atoms with Crippen molar-refractivity contribution in [1.82, 2.24) is 10.3 Å². The van der Waals surface area contributed by atoms with Gasteiger partial charge in [0.2, 0.25) is 5.91 Å². The number of hydrogen-bond acceptors (Lipinski definition) is 3. The molecule has 0 radical (unpaired) electrons. The van der Waals surface area contributed by atoms with Gasteiger partial charge in [-0.2, -0.15) is 0 Å². The zero-order chi connectivity index (χ0) is 16.8. The number of aliphatic hydroxyl groups is 1. The van der Waals surface area contributed by atoms with Crippen LogP contribution in [0.1, 0.15) is 42.5 Å².